The van der Waals surface area contributed by atoms with Gasteiger partial charge in [-0.1, -0.05) is 13.0 Å². The van der Waals surface area contributed by atoms with Crippen LogP contribution in [0.2, 0.25) is 0 Å². The minimum Gasteiger partial charge on any atom is -0.497 e. The summed E-state index contributed by atoms with van der Waals surface area (Å²) in [7, 11) is 1.70. The van der Waals surface area contributed by atoms with Crippen molar-refractivity contribution >= 4 is 0 Å². The predicted molar refractivity (Wildman–Crippen MR) is 83.6 cm³/mol. The first-order valence-electron chi connectivity index (χ1n) is 7.93. The fraction of sp³-hybridized carbons (Fsp3) is 0.647. The first-order chi connectivity index (χ1) is 10.1. The fourth-order valence-electron chi connectivity index (χ4n) is 3.71. The van der Waals surface area contributed by atoms with E-state index in [-0.39, 0.29) is 6.04 Å². The average molecular weight is 290 g/mol. The molecule has 1 fully saturated rings. The van der Waals surface area contributed by atoms with Crippen LogP contribution in [-0.2, 0) is 11.2 Å². The Bertz CT molecular complexity index is 506. The number of nitrogens with zero attached hydrogens (tertiary/aromatic N) is 1. The summed E-state index contributed by atoms with van der Waals surface area (Å²) in [4.78, 5) is 2.57. The average Bonchev–Trinajstić information content (AvgIpc) is 2.83. The second-order valence-electron chi connectivity index (χ2n) is 6.26. The van der Waals surface area contributed by atoms with E-state index in [9.17, 15) is 0 Å². The third-order valence-electron chi connectivity index (χ3n) is 4.96. The van der Waals surface area contributed by atoms with E-state index < -0.39 is 0 Å². The number of morpholine rings is 1. The second-order valence-corrected chi connectivity index (χ2v) is 6.26. The van der Waals surface area contributed by atoms with Gasteiger partial charge in [0.25, 0.3) is 0 Å². The second kappa shape index (κ2) is 5.95. The topological polar surface area (TPSA) is 47.7 Å². The molecule has 116 valence electrons. The molecular formula is C17H26N2O2. The van der Waals surface area contributed by atoms with Crippen LogP contribution in [0.4, 0.5) is 0 Å². The van der Waals surface area contributed by atoms with E-state index in [2.05, 4.69) is 30.9 Å². The van der Waals surface area contributed by atoms with Crippen LogP contribution in [-0.4, -0.2) is 43.3 Å². The Morgan fingerprint density at radius 1 is 1.43 bits per heavy atom. The zero-order valence-corrected chi connectivity index (χ0v) is 13.2. The van der Waals surface area contributed by atoms with E-state index in [1.165, 1.54) is 11.1 Å². The maximum absolute atomic E-state index is 6.57. The van der Waals surface area contributed by atoms with Gasteiger partial charge in [-0.2, -0.15) is 0 Å². The van der Waals surface area contributed by atoms with Crippen LogP contribution in [0.3, 0.4) is 0 Å². The van der Waals surface area contributed by atoms with Crippen molar-refractivity contribution in [3.63, 3.8) is 0 Å². The van der Waals surface area contributed by atoms with Crippen molar-refractivity contribution < 1.29 is 9.47 Å². The Balaban J connectivity index is 1.84. The highest BCUT2D eigenvalue weighted by Gasteiger charge is 2.39. The van der Waals surface area contributed by atoms with Crippen LogP contribution < -0.4 is 10.5 Å². The smallest absolute Gasteiger partial charge is 0.119 e. The van der Waals surface area contributed by atoms with Gasteiger partial charge in [-0.25, -0.2) is 0 Å². The van der Waals surface area contributed by atoms with Crippen molar-refractivity contribution in [2.45, 2.75) is 50.9 Å². The molecule has 1 heterocycles. The highest BCUT2D eigenvalue weighted by molar-refractivity contribution is 5.42. The van der Waals surface area contributed by atoms with Crippen molar-refractivity contribution in [1.82, 2.24) is 4.90 Å². The molecule has 4 atom stereocenters. The summed E-state index contributed by atoms with van der Waals surface area (Å²) in [6.45, 7) is 6.17. The van der Waals surface area contributed by atoms with Gasteiger partial charge in [0.2, 0.25) is 0 Å². The predicted octanol–water partition coefficient (Wildman–Crippen LogP) is 2.12. The van der Waals surface area contributed by atoms with E-state index in [4.69, 9.17) is 15.2 Å². The zero-order chi connectivity index (χ0) is 15.0. The third-order valence-corrected chi connectivity index (χ3v) is 4.96. The first kappa shape index (κ1) is 14.8. The molecule has 3 rings (SSSR count). The van der Waals surface area contributed by atoms with Gasteiger partial charge in [0, 0.05) is 24.7 Å². The Morgan fingerprint density at radius 2 is 2.24 bits per heavy atom. The molecule has 2 N–H and O–H groups in total. The zero-order valence-electron chi connectivity index (χ0n) is 13.2. The molecule has 0 saturated carbocycles. The van der Waals surface area contributed by atoms with Crippen molar-refractivity contribution in [2.75, 3.05) is 20.3 Å². The lowest BCUT2D eigenvalue weighted by molar-refractivity contribution is -0.0744. The molecule has 1 aromatic carbocycles. The molecule has 1 aliphatic heterocycles. The van der Waals surface area contributed by atoms with Crippen LogP contribution in [0, 0.1) is 0 Å². The summed E-state index contributed by atoms with van der Waals surface area (Å²) >= 11 is 0. The highest BCUT2D eigenvalue weighted by Crippen LogP contribution is 2.37. The molecule has 0 spiro atoms. The standard InChI is InChI=1S/C17H26N2O2/c1-4-13-10-21-11(2)9-19(13)16-7-12-5-6-14(20-3)8-15(12)17(16)18/h5-6,8,11,13,16-17H,4,7,9-10,18H2,1-3H3. The van der Waals surface area contributed by atoms with Crippen molar-refractivity contribution in [1.29, 1.82) is 0 Å². The number of nitrogens with two attached hydrogens (primary N) is 1. The van der Waals surface area contributed by atoms with Crippen molar-refractivity contribution in [2.24, 2.45) is 5.73 Å². The molecule has 0 radical (unpaired) electrons. The quantitative estimate of drug-likeness (QED) is 0.926. The summed E-state index contributed by atoms with van der Waals surface area (Å²) in [5.74, 6) is 0.896. The summed E-state index contributed by atoms with van der Waals surface area (Å²) in [6, 6.07) is 7.22. The lowest BCUT2D eigenvalue weighted by Crippen LogP contribution is -2.55. The summed E-state index contributed by atoms with van der Waals surface area (Å²) in [5, 5.41) is 0. The molecule has 4 unspecified atom stereocenters. The Kier molecular flexibility index (Phi) is 4.20. The van der Waals surface area contributed by atoms with Gasteiger partial charge in [-0.15, -0.1) is 0 Å². The maximum Gasteiger partial charge on any atom is 0.119 e. The molecule has 21 heavy (non-hydrogen) atoms. The SMILES string of the molecule is CCC1COC(C)CN1C1Cc2ccc(OC)cc2C1N. The minimum absolute atomic E-state index is 0.0643. The number of fused-ring (bicyclic) bond motifs is 1. The normalized spacial score (nSPS) is 33.0. The number of methoxy groups -OCH3 is 1. The van der Waals surface area contributed by atoms with Gasteiger partial charge in [0.05, 0.1) is 19.8 Å². The van der Waals surface area contributed by atoms with Gasteiger partial charge >= 0.3 is 0 Å². The molecule has 1 saturated heterocycles. The van der Waals surface area contributed by atoms with E-state index in [1.54, 1.807) is 7.11 Å². The van der Waals surface area contributed by atoms with Gasteiger partial charge in [-0.3, -0.25) is 4.90 Å². The molecule has 0 aromatic heterocycles. The molecule has 2 aliphatic rings. The van der Waals surface area contributed by atoms with Gasteiger partial charge in [0.15, 0.2) is 0 Å². The summed E-state index contributed by atoms with van der Waals surface area (Å²) in [5.41, 5.74) is 9.18. The molecule has 4 heteroatoms. The molecule has 0 bridgehead atoms. The summed E-state index contributed by atoms with van der Waals surface area (Å²) in [6.07, 6.45) is 2.43. The number of hydrogen-bond donors (Lipinski definition) is 1. The molecule has 1 aliphatic carbocycles. The van der Waals surface area contributed by atoms with E-state index >= 15 is 0 Å². The van der Waals surface area contributed by atoms with Crippen molar-refractivity contribution in [3.05, 3.63) is 29.3 Å². The molecule has 4 nitrogen and oxygen atoms in total. The summed E-state index contributed by atoms with van der Waals surface area (Å²) < 4.78 is 11.2. The molecule has 1 aromatic rings. The Labute approximate surface area is 127 Å². The van der Waals surface area contributed by atoms with Crippen molar-refractivity contribution in [3.8, 4) is 5.75 Å². The molecular weight excluding hydrogens is 264 g/mol. The van der Waals surface area contributed by atoms with Gasteiger partial charge in [0.1, 0.15) is 5.75 Å². The monoisotopic (exact) mass is 290 g/mol. The largest absolute Gasteiger partial charge is 0.497 e. The van der Waals surface area contributed by atoms with E-state index in [1.807, 2.05) is 6.07 Å². The number of ether oxygens (including phenoxy) is 2. The number of hydrogen-bond acceptors (Lipinski definition) is 4. The Morgan fingerprint density at radius 3 is 2.95 bits per heavy atom. The lowest BCUT2D eigenvalue weighted by Gasteiger charge is -2.43. The van der Waals surface area contributed by atoms with Crippen LogP contribution in [0.25, 0.3) is 0 Å². The number of rotatable bonds is 3. The minimum atomic E-state index is 0.0643. The van der Waals surface area contributed by atoms with Crippen LogP contribution in [0.1, 0.15) is 37.4 Å². The van der Waals surface area contributed by atoms with E-state index in [0.717, 1.165) is 31.7 Å². The Hall–Kier alpha value is -1.10. The molecule has 0 amide bonds. The fourth-order valence-corrected chi connectivity index (χ4v) is 3.71. The van der Waals surface area contributed by atoms with Gasteiger partial charge < -0.3 is 15.2 Å². The van der Waals surface area contributed by atoms with Gasteiger partial charge in [-0.05, 0) is 43.0 Å². The maximum atomic E-state index is 6.57. The van der Waals surface area contributed by atoms with Crippen LogP contribution in [0.5, 0.6) is 5.75 Å². The third kappa shape index (κ3) is 2.68. The number of benzene rings is 1. The highest BCUT2D eigenvalue weighted by atomic mass is 16.5. The van der Waals surface area contributed by atoms with E-state index in [0.29, 0.717) is 18.2 Å². The first-order valence-corrected chi connectivity index (χ1v) is 7.93. The lowest BCUT2D eigenvalue weighted by atomic mass is 10.0. The van der Waals surface area contributed by atoms with Crippen LogP contribution >= 0.6 is 0 Å². The van der Waals surface area contributed by atoms with Crippen LogP contribution in [0.15, 0.2) is 18.2 Å².